The minimum Gasteiger partial charge on any atom is -0.451 e. The van der Waals surface area contributed by atoms with E-state index in [0.717, 1.165) is 10.0 Å². The summed E-state index contributed by atoms with van der Waals surface area (Å²) in [5.41, 5.74) is 1.67. The Hall–Kier alpha value is -2.65. The van der Waals surface area contributed by atoms with Crippen molar-refractivity contribution >= 4 is 44.8 Å². The first-order chi connectivity index (χ1) is 12.5. The molecule has 1 aromatic carbocycles. The number of esters is 1. The zero-order valence-corrected chi connectivity index (χ0v) is 16.0. The van der Waals surface area contributed by atoms with Gasteiger partial charge in [0, 0.05) is 27.9 Å². The zero-order chi connectivity index (χ0) is 18.5. The molecule has 7 nitrogen and oxygen atoms in total. The Labute approximate surface area is 161 Å². The zero-order valence-electron chi connectivity index (χ0n) is 13.6. The predicted octanol–water partition coefficient (Wildman–Crippen LogP) is 3.47. The number of ether oxygens (including phenoxy) is 1. The molecule has 2 heterocycles. The highest BCUT2D eigenvalue weighted by Gasteiger charge is 2.16. The van der Waals surface area contributed by atoms with Crippen LogP contribution in [0.25, 0.3) is 10.8 Å². The maximum absolute atomic E-state index is 12.1. The van der Waals surface area contributed by atoms with Crippen molar-refractivity contribution in [2.45, 2.75) is 6.92 Å². The lowest BCUT2D eigenvalue weighted by Crippen LogP contribution is -2.21. The highest BCUT2D eigenvalue weighted by molar-refractivity contribution is 9.10. The molecule has 0 unspecified atom stereocenters. The second-order valence-electron chi connectivity index (χ2n) is 5.19. The van der Waals surface area contributed by atoms with Crippen LogP contribution in [0.4, 0.5) is 5.69 Å². The molecule has 0 aliphatic carbocycles. The molecule has 1 N–H and O–H groups in total. The molecule has 3 aromatic rings. The van der Waals surface area contributed by atoms with E-state index in [0.29, 0.717) is 16.5 Å². The molecule has 0 radical (unpaired) electrons. The molecule has 0 atom stereocenters. The Morgan fingerprint density at radius 2 is 2.04 bits per heavy atom. The van der Waals surface area contributed by atoms with E-state index in [4.69, 9.17) is 4.74 Å². The molecular weight excluding hydrogens is 420 g/mol. The van der Waals surface area contributed by atoms with Crippen LogP contribution in [-0.2, 0) is 9.53 Å². The van der Waals surface area contributed by atoms with Crippen LogP contribution in [0.15, 0.2) is 46.5 Å². The van der Waals surface area contributed by atoms with Crippen molar-refractivity contribution in [3.05, 3.63) is 57.8 Å². The summed E-state index contributed by atoms with van der Waals surface area (Å²) in [6.45, 7) is 1.47. The van der Waals surface area contributed by atoms with Crippen molar-refractivity contribution in [1.29, 1.82) is 0 Å². The number of carbonyl (C=O) groups excluding carboxylic acids is 2. The van der Waals surface area contributed by atoms with Gasteiger partial charge < -0.3 is 10.1 Å². The molecule has 0 saturated heterocycles. The Bertz CT molecular complexity index is 946. The van der Waals surface area contributed by atoms with E-state index in [9.17, 15) is 9.59 Å². The van der Waals surface area contributed by atoms with E-state index in [1.807, 2.05) is 19.1 Å². The van der Waals surface area contributed by atoms with Gasteiger partial charge in [0.05, 0.1) is 0 Å². The molecule has 9 heteroatoms. The highest BCUT2D eigenvalue weighted by Crippen LogP contribution is 2.21. The molecule has 0 aliphatic rings. The summed E-state index contributed by atoms with van der Waals surface area (Å²) in [6.07, 6.45) is 3.19. The van der Waals surface area contributed by atoms with Crippen LogP contribution in [0.3, 0.4) is 0 Å². The monoisotopic (exact) mass is 432 g/mol. The van der Waals surface area contributed by atoms with Crippen LogP contribution < -0.4 is 5.32 Å². The molecule has 0 bridgehead atoms. The first kappa shape index (κ1) is 18.2. The fourth-order valence-corrected chi connectivity index (χ4v) is 3.25. The summed E-state index contributed by atoms with van der Waals surface area (Å²) in [4.78, 5) is 36.3. The standard InChI is InChI=1S/C17H13BrN4O3S/c1-10-7-11(18)3-4-12(10)21-14(23)8-25-17(24)13-9-26-16(22-13)15-19-5-2-6-20-15/h2-7,9H,8H2,1H3,(H,21,23). The molecule has 3 rings (SSSR count). The number of carbonyl (C=O) groups is 2. The molecule has 0 fully saturated rings. The minimum atomic E-state index is -0.675. The normalized spacial score (nSPS) is 10.4. The van der Waals surface area contributed by atoms with Crippen LogP contribution in [0.1, 0.15) is 16.1 Å². The number of rotatable bonds is 5. The average Bonchev–Trinajstić information content (AvgIpc) is 3.13. The molecule has 0 aliphatic heterocycles. The van der Waals surface area contributed by atoms with Gasteiger partial charge in [-0.05, 0) is 36.8 Å². The number of anilines is 1. The van der Waals surface area contributed by atoms with Crippen LogP contribution >= 0.6 is 27.3 Å². The van der Waals surface area contributed by atoms with E-state index >= 15 is 0 Å². The van der Waals surface area contributed by atoms with Gasteiger partial charge in [-0.1, -0.05) is 15.9 Å². The number of hydrogen-bond acceptors (Lipinski definition) is 7. The summed E-state index contributed by atoms with van der Waals surface area (Å²) in [7, 11) is 0. The van der Waals surface area contributed by atoms with E-state index in [1.165, 1.54) is 11.3 Å². The number of nitrogens with one attached hydrogen (secondary N) is 1. The van der Waals surface area contributed by atoms with E-state index in [2.05, 4.69) is 36.2 Å². The van der Waals surface area contributed by atoms with Crippen molar-refractivity contribution < 1.29 is 14.3 Å². The fraction of sp³-hybridized carbons (Fsp3) is 0.118. The van der Waals surface area contributed by atoms with Gasteiger partial charge >= 0.3 is 5.97 Å². The lowest BCUT2D eigenvalue weighted by Gasteiger charge is -2.08. The summed E-state index contributed by atoms with van der Waals surface area (Å²) in [5.74, 6) is -0.670. The number of halogens is 1. The Kier molecular flexibility index (Phi) is 5.69. The lowest BCUT2D eigenvalue weighted by atomic mass is 10.2. The van der Waals surface area contributed by atoms with Gasteiger partial charge in [-0.2, -0.15) is 0 Å². The average molecular weight is 433 g/mol. The van der Waals surface area contributed by atoms with Crippen molar-refractivity contribution in [1.82, 2.24) is 15.0 Å². The van der Waals surface area contributed by atoms with Gasteiger partial charge in [-0.25, -0.2) is 19.7 Å². The van der Waals surface area contributed by atoms with Gasteiger partial charge in [0.15, 0.2) is 23.1 Å². The van der Waals surface area contributed by atoms with Crippen LogP contribution in [-0.4, -0.2) is 33.4 Å². The van der Waals surface area contributed by atoms with Crippen LogP contribution in [0, 0.1) is 6.92 Å². The van der Waals surface area contributed by atoms with E-state index in [1.54, 1.807) is 29.9 Å². The third-order valence-electron chi connectivity index (χ3n) is 3.27. The maximum Gasteiger partial charge on any atom is 0.358 e. The highest BCUT2D eigenvalue weighted by atomic mass is 79.9. The van der Waals surface area contributed by atoms with Gasteiger partial charge in [-0.3, -0.25) is 4.79 Å². The SMILES string of the molecule is Cc1cc(Br)ccc1NC(=O)COC(=O)c1csc(-c2ncccn2)n1. The number of aromatic nitrogens is 3. The quantitative estimate of drug-likeness (QED) is 0.620. The summed E-state index contributed by atoms with van der Waals surface area (Å²) in [5, 5.41) is 4.75. The molecule has 0 saturated carbocycles. The Balaban J connectivity index is 1.57. The topological polar surface area (TPSA) is 94.1 Å². The van der Waals surface area contributed by atoms with Crippen molar-refractivity contribution in [3.63, 3.8) is 0 Å². The van der Waals surface area contributed by atoms with Crippen LogP contribution in [0.2, 0.25) is 0 Å². The number of amides is 1. The number of thiazole rings is 1. The number of benzene rings is 1. The predicted molar refractivity (Wildman–Crippen MR) is 101 cm³/mol. The molecule has 26 heavy (non-hydrogen) atoms. The van der Waals surface area contributed by atoms with Gasteiger partial charge in [0.2, 0.25) is 0 Å². The molecule has 2 aromatic heterocycles. The summed E-state index contributed by atoms with van der Waals surface area (Å²) in [6, 6.07) is 7.16. The summed E-state index contributed by atoms with van der Waals surface area (Å²) < 4.78 is 5.94. The van der Waals surface area contributed by atoms with E-state index in [-0.39, 0.29) is 5.69 Å². The first-order valence-electron chi connectivity index (χ1n) is 7.49. The second-order valence-corrected chi connectivity index (χ2v) is 6.97. The molecule has 132 valence electrons. The van der Waals surface area contributed by atoms with Crippen molar-refractivity contribution in [3.8, 4) is 10.8 Å². The maximum atomic E-state index is 12.1. The second kappa shape index (κ2) is 8.15. The third-order valence-corrected chi connectivity index (χ3v) is 4.60. The Morgan fingerprint density at radius 1 is 1.27 bits per heavy atom. The van der Waals surface area contributed by atoms with Crippen molar-refractivity contribution in [2.75, 3.05) is 11.9 Å². The Morgan fingerprint density at radius 3 is 2.77 bits per heavy atom. The smallest absolute Gasteiger partial charge is 0.358 e. The number of aryl methyl sites for hydroxylation is 1. The number of hydrogen-bond donors (Lipinski definition) is 1. The molecule has 0 spiro atoms. The molecule has 1 amide bonds. The van der Waals surface area contributed by atoms with Crippen LogP contribution in [0.5, 0.6) is 0 Å². The largest absolute Gasteiger partial charge is 0.451 e. The molecular formula is C17H13BrN4O3S. The first-order valence-corrected chi connectivity index (χ1v) is 9.16. The van der Waals surface area contributed by atoms with Gasteiger partial charge in [0.25, 0.3) is 5.91 Å². The fourth-order valence-electron chi connectivity index (χ4n) is 2.04. The lowest BCUT2D eigenvalue weighted by molar-refractivity contribution is -0.119. The van der Waals surface area contributed by atoms with Gasteiger partial charge in [0.1, 0.15) is 0 Å². The van der Waals surface area contributed by atoms with Crippen molar-refractivity contribution in [2.24, 2.45) is 0 Å². The number of nitrogens with zero attached hydrogens (tertiary/aromatic N) is 3. The minimum absolute atomic E-state index is 0.116. The third kappa shape index (κ3) is 4.50. The van der Waals surface area contributed by atoms with E-state index < -0.39 is 18.5 Å². The summed E-state index contributed by atoms with van der Waals surface area (Å²) >= 11 is 4.59. The van der Waals surface area contributed by atoms with Gasteiger partial charge in [-0.15, -0.1) is 11.3 Å².